The van der Waals surface area contributed by atoms with Gasteiger partial charge in [-0.3, -0.25) is 24.0 Å². The van der Waals surface area contributed by atoms with Gasteiger partial charge < -0.3 is 33.2 Å². The largest absolute Gasteiger partial charge is 0.467 e. The zero-order chi connectivity index (χ0) is 34.4. The molecule has 13 nitrogen and oxygen atoms in total. The topological polar surface area (TPSA) is 167 Å². The number of rotatable bonds is 7. The summed E-state index contributed by atoms with van der Waals surface area (Å²) in [6, 6.07) is 0. The van der Waals surface area contributed by atoms with Gasteiger partial charge in [-0.05, 0) is 55.3 Å². The van der Waals surface area contributed by atoms with Crippen LogP contribution in [0.3, 0.4) is 0 Å². The fourth-order valence-electron chi connectivity index (χ4n) is 9.17. The third-order valence-corrected chi connectivity index (χ3v) is 11.2. The Bertz CT molecular complexity index is 1340. The number of hydrogen-bond donors (Lipinski definition) is 0. The van der Waals surface area contributed by atoms with Gasteiger partial charge in [0.05, 0.1) is 13.2 Å². The fraction of sp³-hybridized carbons (Fsp3) is 0.765. The van der Waals surface area contributed by atoms with Gasteiger partial charge in [0.2, 0.25) is 6.29 Å². The van der Waals surface area contributed by atoms with E-state index < -0.39 is 66.1 Å². The molecule has 1 saturated heterocycles. The van der Waals surface area contributed by atoms with Gasteiger partial charge in [0.15, 0.2) is 24.4 Å². The number of esters is 5. The molecule has 12 atom stereocenters. The second-order valence-corrected chi connectivity index (χ2v) is 14.1. The van der Waals surface area contributed by atoms with Crippen molar-refractivity contribution < 1.29 is 61.9 Å². The van der Waals surface area contributed by atoms with Crippen LogP contribution in [0.5, 0.6) is 0 Å². The summed E-state index contributed by atoms with van der Waals surface area (Å²) in [5, 5.41) is 0. The van der Waals surface area contributed by atoms with E-state index in [1.54, 1.807) is 0 Å². The minimum absolute atomic E-state index is 0.00945. The molecule has 0 aromatic carbocycles. The van der Waals surface area contributed by atoms with E-state index in [9.17, 15) is 28.8 Å². The van der Waals surface area contributed by atoms with Crippen LogP contribution in [0, 0.1) is 28.6 Å². The predicted octanol–water partition coefficient (Wildman–Crippen LogP) is 3.14. The summed E-state index contributed by atoms with van der Waals surface area (Å²) in [7, 11) is 1.13. The quantitative estimate of drug-likeness (QED) is 0.222. The molecule has 47 heavy (non-hydrogen) atoms. The molecule has 5 rings (SSSR count). The van der Waals surface area contributed by atoms with Crippen molar-refractivity contribution in [1.82, 2.24) is 0 Å². The molecular formula is C34H46O13. The number of carbonyl (C=O) groups is 6. The summed E-state index contributed by atoms with van der Waals surface area (Å²) in [5.74, 6) is -3.41. The SMILES string of the molecule is COC(=O)[C@H]1O[C@@H](O[C@H]2C=C3C[C@@H](OC(C)=O)CC[C@]3(C)[C@H]3CC[C@]4(C)C(=O)CC[C@H]4[C@H]23)[C@H](OC(C)=O)[C@@H](OC(C)=O)[C@@H]1OC(C)=O. The maximum atomic E-state index is 13.3. The van der Waals surface area contributed by atoms with Crippen molar-refractivity contribution in [2.24, 2.45) is 28.6 Å². The molecule has 260 valence electrons. The predicted molar refractivity (Wildman–Crippen MR) is 160 cm³/mol. The lowest BCUT2D eigenvalue weighted by atomic mass is 9.47. The zero-order valence-corrected chi connectivity index (χ0v) is 28.1. The van der Waals surface area contributed by atoms with E-state index in [-0.39, 0.29) is 41.0 Å². The first-order valence-electron chi connectivity index (χ1n) is 16.4. The van der Waals surface area contributed by atoms with Crippen LogP contribution >= 0.6 is 0 Å². The van der Waals surface area contributed by atoms with Gasteiger partial charge in [-0.15, -0.1) is 0 Å². The number of fused-ring (bicyclic) bond motifs is 5. The van der Waals surface area contributed by atoms with Gasteiger partial charge in [-0.2, -0.15) is 0 Å². The maximum absolute atomic E-state index is 13.3. The summed E-state index contributed by atoms with van der Waals surface area (Å²) in [5.41, 5.74) is 0.302. The Morgan fingerprint density at radius 3 is 1.96 bits per heavy atom. The van der Waals surface area contributed by atoms with Crippen LogP contribution in [-0.2, 0) is 61.9 Å². The number of hydrogen-bond acceptors (Lipinski definition) is 13. The van der Waals surface area contributed by atoms with Crippen molar-refractivity contribution in [3.8, 4) is 0 Å². The first kappa shape index (κ1) is 35.0. The minimum Gasteiger partial charge on any atom is -0.467 e. The van der Waals surface area contributed by atoms with E-state index in [1.165, 1.54) is 6.92 Å². The Balaban J connectivity index is 1.59. The standard InChI is InChI=1S/C34H46O13/c1-16(35)42-21-10-12-33(5)20(14-21)15-24(26-22-8-9-25(39)34(22,6)13-11-23(26)33)46-32-30(45-19(4)38)28(44-18(3)37)27(43-17(2)36)29(47-32)31(40)41-7/h15,21-24,26-30,32H,8-14H2,1-7H3/t21-,22-,23-,24-,26-,27-,28-,29-,30+,32+,33-,34-/m0/s1. The summed E-state index contributed by atoms with van der Waals surface area (Å²) in [4.78, 5) is 75.1. The molecule has 4 aliphatic carbocycles. The van der Waals surface area contributed by atoms with E-state index in [0.29, 0.717) is 25.7 Å². The van der Waals surface area contributed by atoms with Crippen molar-refractivity contribution in [2.75, 3.05) is 7.11 Å². The average Bonchev–Trinajstić information content (AvgIpc) is 3.29. The minimum atomic E-state index is -1.59. The Hall–Kier alpha value is -3.32. The Labute approximate surface area is 274 Å². The fourth-order valence-corrected chi connectivity index (χ4v) is 9.17. The first-order valence-corrected chi connectivity index (χ1v) is 16.4. The normalized spacial score (nSPS) is 40.8. The average molecular weight is 663 g/mol. The molecule has 0 aromatic heterocycles. The molecule has 1 heterocycles. The highest BCUT2D eigenvalue weighted by atomic mass is 16.7. The smallest absolute Gasteiger partial charge is 0.339 e. The van der Waals surface area contributed by atoms with E-state index in [2.05, 4.69) is 6.92 Å². The monoisotopic (exact) mass is 662 g/mol. The highest BCUT2D eigenvalue weighted by Gasteiger charge is 2.63. The molecule has 4 fully saturated rings. The molecule has 0 bridgehead atoms. The molecule has 3 saturated carbocycles. The summed E-state index contributed by atoms with van der Waals surface area (Å²) >= 11 is 0. The molecule has 1 aliphatic heterocycles. The third-order valence-electron chi connectivity index (χ3n) is 11.2. The molecule has 13 heteroatoms. The molecule has 0 amide bonds. The highest BCUT2D eigenvalue weighted by molar-refractivity contribution is 5.87. The van der Waals surface area contributed by atoms with Crippen LogP contribution in [0.4, 0.5) is 0 Å². The van der Waals surface area contributed by atoms with Crippen LogP contribution < -0.4 is 0 Å². The maximum Gasteiger partial charge on any atom is 0.339 e. The number of methoxy groups -OCH3 is 1. The molecule has 0 aromatic rings. The van der Waals surface area contributed by atoms with Crippen LogP contribution in [0.1, 0.15) is 86.5 Å². The molecule has 0 unspecified atom stereocenters. The number of ether oxygens (including phenoxy) is 7. The van der Waals surface area contributed by atoms with Crippen molar-refractivity contribution in [3.63, 3.8) is 0 Å². The van der Waals surface area contributed by atoms with Crippen molar-refractivity contribution >= 4 is 35.6 Å². The van der Waals surface area contributed by atoms with E-state index in [1.807, 2.05) is 13.0 Å². The lowest BCUT2D eigenvalue weighted by Crippen LogP contribution is -2.65. The number of carbonyl (C=O) groups excluding carboxylic acids is 6. The first-order chi connectivity index (χ1) is 22.1. The summed E-state index contributed by atoms with van der Waals surface area (Å²) in [6.45, 7) is 9.07. The number of ketones is 1. The van der Waals surface area contributed by atoms with Gasteiger partial charge in [-0.25, -0.2) is 4.79 Å². The van der Waals surface area contributed by atoms with Crippen molar-refractivity contribution in [1.29, 1.82) is 0 Å². The Kier molecular flexibility index (Phi) is 9.90. The zero-order valence-electron chi connectivity index (χ0n) is 28.1. The second-order valence-electron chi connectivity index (χ2n) is 14.1. The van der Waals surface area contributed by atoms with E-state index in [4.69, 9.17) is 33.2 Å². The van der Waals surface area contributed by atoms with Crippen LogP contribution in [0.25, 0.3) is 0 Å². The molecule has 5 aliphatic rings. The van der Waals surface area contributed by atoms with Gasteiger partial charge in [0.1, 0.15) is 11.9 Å². The van der Waals surface area contributed by atoms with Crippen LogP contribution in [0.15, 0.2) is 11.6 Å². The number of Topliss-reactive ketones (excluding diaryl/α,β-unsaturated/α-hetero) is 1. The molecule has 0 spiro atoms. The Morgan fingerprint density at radius 1 is 0.766 bits per heavy atom. The lowest BCUT2D eigenvalue weighted by Gasteiger charge is -2.59. The summed E-state index contributed by atoms with van der Waals surface area (Å²) in [6.07, 6.45) is -1.73. The van der Waals surface area contributed by atoms with Crippen LogP contribution in [-0.4, -0.2) is 85.7 Å². The van der Waals surface area contributed by atoms with Gasteiger partial charge in [-0.1, -0.05) is 25.5 Å². The van der Waals surface area contributed by atoms with Gasteiger partial charge >= 0.3 is 29.8 Å². The molecule has 0 N–H and O–H groups in total. The lowest BCUT2D eigenvalue weighted by molar-refractivity contribution is -0.314. The van der Waals surface area contributed by atoms with E-state index in [0.717, 1.165) is 52.7 Å². The van der Waals surface area contributed by atoms with Crippen molar-refractivity contribution in [3.05, 3.63) is 11.6 Å². The highest BCUT2D eigenvalue weighted by Crippen LogP contribution is 2.64. The Morgan fingerprint density at radius 2 is 1.34 bits per heavy atom. The van der Waals surface area contributed by atoms with E-state index >= 15 is 0 Å². The van der Waals surface area contributed by atoms with Gasteiger partial charge in [0.25, 0.3) is 0 Å². The second kappa shape index (κ2) is 13.3. The van der Waals surface area contributed by atoms with Crippen molar-refractivity contribution in [2.45, 2.75) is 129 Å². The molecule has 0 radical (unpaired) electrons. The van der Waals surface area contributed by atoms with Gasteiger partial charge in [0, 0.05) is 46.0 Å². The van der Waals surface area contributed by atoms with Crippen LogP contribution in [0.2, 0.25) is 0 Å². The summed E-state index contributed by atoms with van der Waals surface area (Å²) < 4.78 is 40.1. The third kappa shape index (κ3) is 6.57. The molecular weight excluding hydrogens is 616 g/mol.